The van der Waals surface area contributed by atoms with Gasteiger partial charge in [-0.2, -0.15) is 0 Å². The second-order valence-corrected chi connectivity index (χ2v) is 9.86. The minimum absolute atomic E-state index is 0.0424. The highest BCUT2D eigenvalue weighted by molar-refractivity contribution is 8.15. The number of thioether (sulfide) groups is 1. The molecular formula is C28H26ClN3O4S. The lowest BCUT2D eigenvalue weighted by Crippen LogP contribution is -2.46. The van der Waals surface area contributed by atoms with Crippen LogP contribution in [0.4, 0.5) is 11.4 Å². The molecule has 1 unspecified atom stereocenters. The lowest BCUT2D eigenvalue weighted by molar-refractivity contribution is -0.129. The Balaban J connectivity index is 1.50. The normalized spacial score (nSPS) is 16.5. The van der Waals surface area contributed by atoms with Crippen LogP contribution >= 0.6 is 23.4 Å². The number of ether oxygens (including phenoxy) is 1. The summed E-state index contributed by atoms with van der Waals surface area (Å²) in [4.78, 5) is 44.5. The van der Waals surface area contributed by atoms with Gasteiger partial charge in [-0.25, -0.2) is 9.79 Å². The molecule has 0 bridgehead atoms. The number of halogens is 1. The van der Waals surface area contributed by atoms with E-state index in [-0.39, 0.29) is 24.8 Å². The first-order valence-corrected chi connectivity index (χ1v) is 13.1. The van der Waals surface area contributed by atoms with Crippen molar-refractivity contribution in [2.75, 3.05) is 18.5 Å². The Morgan fingerprint density at radius 1 is 1.08 bits per heavy atom. The van der Waals surface area contributed by atoms with E-state index in [1.807, 2.05) is 30.3 Å². The fourth-order valence-corrected chi connectivity index (χ4v) is 5.04. The van der Waals surface area contributed by atoms with Crippen molar-refractivity contribution in [2.24, 2.45) is 4.99 Å². The standard InChI is InChI=1S/C28H26ClN3O4S/c1-2-36-27(35)20-11-13-22(14-12-20)30-26(34)24-18-25(33)32(16-15-19-7-4-3-5-8-19)28(37-24)31-23-10-6-9-21(29)17-23/h3-14,17,24H,2,15-16,18H2,1H3,(H,30,34). The molecule has 0 radical (unpaired) electrons. The fraction of sp³-hybridized carbons (Fsp3) is 0.214. The first-order chi connectivity index (χ1) is 17.9. The molecule has 37 heavy (non-hydrogen) atoms. The van der Waals surface area contributed by atoms with E-state index in [1.54, 1.807) is 60.4 Å². The number of hydrogen-bond donors (Lipinski definition) is 1. The molecule has 190 valence electrons. The van der Waals surface area contributed by atoms with Crippen molar-refractivity contribution in [1.82, 2.24) is 4.90 Å². The number of carbonyl (C=O) groups is 3. The lowest BCUT2D eigenvalue weighted by atomic mass is 10.1. The summed E-state index contributed by atoms with van der Waals surface area (Å²) in [7, 11) is 0. The van der Waals surface area contributed by atoms with Crippen LogP contribution in [-0.4, -0.2) is 46.3 Å². The molecule has 7 nitrogen and oxygen atoms in total. The van der Waals surface area contributed by atoms with Crippen LogP contribution in [0.25, 0.3) is 0 Å². The van der Waals surface area contributed by atoms with Crippen molar-refractivity contribution in [3.8, 4) is 0 Å². The molecule has 1 aliphatic rings. The van der Waals surface area contributed by atoms with Gasteiger partial charge in [-0.15, -0.1) is 0 Å². The third-order valence-corrected chi connectivity index (χ3v) is 7.02. The van der Waals surface area contributed by atoms with Crippen LogP contribution < -0.4 is 5.32 Å². The Hall–Kier alpha value is -3.62. The number of nitrogens with one attached hydrogen (secondary N) is 1. The number of anilines is 1. The van der Waals surface area contributed by atoms with Gasteiger partial charge in [0.2, 0.25) is 11.8 Å². The quantitative estimate of drug-likeness (QED) is 0.373. The van der Waals surface area contributed by atoms with Crippen LogP contribution in [0.1, 0.15) is 29.3 Å². The smallest absolute Gasteiger partial charge is 0.338 e. The zero-order chi connectivity index (χ0) is 26.2. The first kappa shape index (κ1) is 26.4. The largest absolute Gasteiger partial charge is 0.462 e. The Bertz CT molecular complexity index is 1300. The molecule has 0 aliphatic carbocycles. The van der Waals surface area contributed by atoms with Crippen LogP contribution in [0.2, 0.25) is 5.02 Å². The molecular weight excluding hydrogens is 510 g/mol. The predicted octanol–water partition coefficient (Wildman–Crippen LogP) is 5.72. The maximum absolute atomic E-state index is 13.2. The SMILES string of the molecule is CCOC(=O)c1ccc(NC(=O)C2CC(=O)N(CCc3ccccc3)C(=Nc3cccc(Cl)c3)S2)cc1. The predicted molar refractivity (Wildman–Crippen MR) is 147 cm³/mol. The average Bonchev–Trinajstić information content (AvgIpc) is 2.89. The van der Waals surface area contributed by atoms with E-state index in [0.717, 1.165) is 5.56 Å². The van der Waals surface area contributed by atoms with Crippen LogP contribution in [0, 0.1) is 0 Å². The van der Waals surface area contributed by atoms with Crippen LogP contribution in [0.15, 0.2) is 83.9 Å². The monoisotopic (exact) mass is 535 g/mol. The second-order valence-electron chi connectivity index (χ2n) is 8.25. The van der Waals surface area contributed by atoms with E-state index in [0.29, 0.717) is 40.1 Å². The Kier molecular flexibility index (Phi) is 8.98. The molecule has 1 fully saturated rings. The summed E-state index contributed by atoms with van der Waals surface area (Å²) < 4.78 is 4.99. The molecule has 2 amide bonds. The number of amidine groups is 1. The molecule has 0 saturated carbocycles. The van der Waals surface area contributed by atoms with Crippen molar-refractivity contribution in [2.45, 2.75) is 25.0 Å². The molecule has 4 rings (SSSR count). The van der Waals surface area contributed by atoms with Crippen molar-refractivity contribution in [3.63, 3.8) is 0 Å². The van der Waals surface area contributed by atoms with Gasteiger partial charge in [0.1, 0.15) is 5.25 Å². The summed E-state index contributed by atoms with van der Waals surface area (Å²) in [5.74, 6) is -0.914. The molecule has 0 spiro atoms. The van der Waals surface area contributed by atoms with E-state index >= 15 is 0 Å². The Morgan fingerprint density at radius 2 is 1.84 bits per heavy atom. The molecule has 3 aromatic carbocycles. The number of nitrogens with zero attached hydrogens (tertiary/aromatic N) is 2. The minimum Gasteiger partial charge on any atom is -0.462 e. The summed E-state index contributed by atoms with van der Waals surface area (Å²) in [6.45, 7) is 2.47. The van der Waals surface area contributed by atoms with Gasteiger partial charge in [0.25, 0.3) is 0 Å². The van der Waals surface area contributed by atoms with E-state index in [9.17, 15) is 14.4 Å². The molecule has 1 atom stereocenters. The number of rotatable bonds is 8. The molecule has 9 heteroatoms. The number of carbonyl (C=O) groups excluding carboxylic acids is 3. The van der Waals surface area contributed by atoms with Crippen LogP contribution in [0.5, 0.6) is 0 Å². The third kappa shape index (κ3) is 7.21. The molecule has 1 heterocycles. The molecule has 3 aromatic rings. The van der Waals surface area contributed by atoms with Gasteiger partial charge >= 0.3 is 5.97 Å². The van der Waals surface area contributed by atoms with Crippen molar-refractivity contribution < 1.29 is 19.1 Å². The number of aliphatic imine (C=N–C) groups is 1. The topological polar surface area (TPSA) is 88.1 Å². The van der Waals surface area contributed by atoms with E-state index in [2.05, 4.69) is 10.3 Å². The Labute approximate surface area is 224 Å². The highest BCUT2D eigenvalue weighted by atomic mass is 35.5. The maximum Gasteiger partial charge on any atom is 0.338 e. The minimum atomic E-state index is -0.664. The Morgan fingerprint density at radius 3 is 2.54 bits per heavy atom. The molecule has 1 aliphatic heterocycles. The zero-order valence-electron chi connectivity index (χ0n) is 20.2. The van der Waals surface area contributed by atoms with Gasteiger partial charge in [0.05, 0.1) is 17.9 Å². The highest BCUT2D eigenvalue weighted by Crippen LogP contribution is 2.31. The number of benzene rings is 3. The first-order valence-electron chi connectivity index (χ1n) is 11.9. The van der Waals surface area contributed by atoms with Crippen molar-refractivity contribution in [3.05, 3.63) is 95.0 Å². The van der Waals surface area contributed by atoms with E-state index < -0.39 is 11.2 Å². The van der Waals surface area contributed by atoms with E-state index in [4.69, 9.17) is 16.3 Å². The van der Waals surface area contributed by atoms with Gasteiger partial charge in [-0.3, -0.25) is 14.5 Å². The average molecular weight is 536 g/mol. The summed E-state index contributed by atoms with van der Waals surface area (Å²) >= 11 is 7.38. The molecule has 0 aromatic heterocycles. The van der Waals surface area contributed by atoms with Gasteiger partial charge in [-0.1, -0.05) is 59.8 Å². The van der Waals surface area contributed by atoms with Crippen LogP contribution in [0.3, 0.4) is 0 Å². The number of hydrogen-bond acceptors (Lipinski definition) is 6. The number of amides is 2. The van der Waals surface area contributed by atoms with Gasteiger partial charge < -0.3 is 10.1 Å². The summed E-state index contributed by atoms with van der Waals surface area (Å²) in [5.41, 5.74) is 2.62. The summed E-state index contributed by atoms with van der Waals surface area (Å²) in [6, 6.07) is 23.4. The summed E-state index contributed by atoms with van der Waals surface area (Å²) in [5, 5.41) is 3.16. The van der Waals surface area contributed by atoms with E-state index in [1.165, 1.54) is 11.8 Å². The van der Waals surface area contributed by atoms with Gasteiger partial charge in [0, 0.05) is 23.7 Å². The zero-order valence-corrected chi connectivity index (χ0v) is 21.8. The maximum atomic E-state index is 13.2. The van der Waals surface area contributed by atoms with Crippen LogP contribution in [-0.2, 0) is 20.7 Å². The number of esters is 1. The van der Waals surface area contributed by atoms with Gasteiger partial charge in [-0.05, 0) is 61.4 Å². The fourth-order valence-electron chi connectivity index (χ4n) is 3.73. The third-order valence-electron chi connectivity index (χ3n) is 5.60. The molecule has 1 saturated heterocycles. The highest BCUT2D eigenvalue weighted by Gasteiger charge is 2.35. The van der Waals surface area contributed by atoms with Gasteiger partial charge in [0.15, 0.2) is 5.17 Å². The van der Waals surface area contributed by atoms with Crippen molar-refractivity contribution >= 4 is 57.7 Å². The van der Waals surface area contributed by atoms with Crippen molar-refractivity contribution in [1.29, 1.82) is 0 Å². The second kappa shape index (κ2) is 12.6. The molecule has 1 N–H and O–H groups in total. The lowest BCUT2D eigenvalue weighted by Gasteiger charge is -2.32. The summed E-state index contributed by atoms with van der Waals surface area (Å²) in [6.07, 6.45) is 0.701.